The third kappa shape index (κ3) is 2.37. The van der Waals surface area contributed by atoms with E-state index in [0.29, 0.717) is 5.69 Å². The highest BCUT2D eigenvalue weighted by Crippen LogP contribution is 2.30. The molecule has 96 valence electrons. The molecule has 0 unspecified atom stereocenters. The highest BCUT2D eigenvalue weighted by atomic mass is 16.6. The molecule has 0 radical (unpaired) electrons. The first kappa shape index (κ1) is 12.6. The maximum absolute atomic E-state index is 12.0. The number of aryl methyl sites for hydroxylation is 1. The molecular formula is C14H17NO3. The Hall–Kier alpha value is -1.84. The molecule has 18 heavy (non-hydrogen) atoms. The van der Waals surface area contributed by atoms with E-state index < -0.39 is 11.7 Å². The molecule has 1 aliphatic heterocycles. The largest absolute Gasteiger partial charge is 0.443 e. The van der Waals surface area contributed by atoms with Gasteiger partial charge >= 0.3 is 6.09 Å². The molecule has 2 amide bonds. The van der Waals surface area contributed by atoms with Gasteiger partial charge in [0.1, 0.15) is 5.60 Å². The Morgan fingerprint density at radius 2 is 2.00 bits per heavy atom. The number of ether oxygens (including phenoxy) is 1. The number of rotatable bonds is 0. The number of imide groups is 1. The molecule has 0 atom stereocenters. The van der Waals surface area contributed by atoms with Gasteiger partial charge in [0.15, 0.2) is 0 Å². The number of carbonyl (C=O) groups excluding carboxylic acids is 2. The molecular weight excluding hydrogens is 230 g/mol. The lowest BCUT2D eigenvalue weighted by Crippen LogP contribution is -2.38. The van der Waals surface area contributed by atoms with Crippen molar-refractivity contribution in [2.24, 2.45) is 0 Å². The lowest BCUT2D eigenvalue weighted by atomic mass is 10.1. The van der Waals surface area contributed by atoms with Gasteiger partial charge in [-0.3, -0.25) is 4.79 Å². The molecule has 0 aromatic heterocycles. The fourth-order valence-corrected chi connectivity index (χ4v) is 1.96. The number of nitrogens with zero attached hydrogens (tertiary/aromatic N) is 1. The van der Waals surface area contributed by atoms with Crippen molar-refractivity contribution in [1.82, 2.24) is 0 Å². The van der Waals surface area contributed by atoms with E-state index in [1.165, 1.54) is 0 Å². The molecule has 4 nitrogen and oxygen atoms in total. The molecule has 1 aliphatic rings. The van der Waals surface area contributed by atoms with Crippen LogP contribution in [0.15, 0.2) is 18.2 Å². The van der Waals surface area contributed by atoms with Gasteiger partial charge in [-0.15, -0.1) is 0 Å². The van der Waals surface area contributed by atoms with E-state index in [0.717, 1.165) is 16.0 Å². The normalized spacial score (nSPS) is 14.7. The number of amides is 2. The Morgan fingerprint density at radius 1 is 1.33 bits per heavy atom. The highest BCUT2D eigenvalue weighted by Gasteiger charge is 2.35. The number of fused-ring (bicyclic) bond motifs is 1. The fourth-order valence-electron chi connectivity index (χ4n) is 1.96. The number of hydrogen-bond donors (Lipinski definition) is 0. The van der Waals surface area contributed by atoms with Crippen LogP contribution in [0.4, 0.5) is 10.5 Å². The Labute approximate surface area is 107 Å². The Bertz CT molecular complexity index is 514. The zero-order chi connectivity index (χ0) is 13.5. The quantitative estimate of drug-likeness (QED) is 0.708. The SMILES string of the molecule is Cc1ccc2c(c1)CC(=O)N2C(=O)OC(C)(C)C. The van der Waals surface area contributed by atoms with E-state index in [2.05, 4.69) is 0 Å². The van der Waals surface area contributed by atoms with Crippen LogP contribution in [-0.2, 0) is 16.0 Å². The van der Waals surface area contributed by atoms with Crippen LogP contribution < -0.4 is 4.90 Å². The first-order chi connectivity index (χ1) is 8.28. The zero-order valence-electron chi connectivity index (χ0n) is 11.1. The molecule has 0 aliphatic carbocycles. The van der Waals surface area contributed by atoms with Crippen molar-refractivity contribution in [1.29, 1.82) is 0 Å². The second-order valence-corrected chi connectivity index (χ2v) is 5.52. The summed E-state index contributed by atoms with van der Waals surface area (Å²) < 4.78 is 5.25. The van der Waals surface area contributed by atoms with Gasteiger partial charge < -0.3 is 4.74 Å². The van der Waals surface area contributed by atoms with Crippen LogP contribution in [0.25, 0.3) is 0 Å². The monoisotopic (exact) mass is 247 g/mol. The van der Waals surface area contributed by atoms with Gasteiger partial charge in [-0.2, -0.15) is 0 Å². The maximum atomic E-state index is 12.0. The summed E-state index contributed by atoms with van der Waals surface area (Å²) in [5, 5.41) is 0. The predicted octanol–water partition coefficient (Wildman–Crippen LogP) is 2.82. The molecule has 4 heteroatoms. The van der Waals surface area contributed by atoms with Crippen molar-refractivity contribution >= 4 is 17.7 Å². The number of carbonyl (C=O) groups is 2. The van der Waals surface area contributed by atoms with Crippen molar-refractivity contribution in [2.75, 3.05) is 4.90 Å². The second kappa shape index (κ2) is 4.12. The fraction of sp³-hybridized carbons (Fsp3) is 0.429. The first-order valence-electron chi connectivity index (χ1n) is 5.93. The molecule has 1 aromatic carbocycles. The van der Waals surface area contributed by atoms with Crippen molar-refractivity contribution in [3.8, 4) is 0 Å². The number of anilines is 1. The van der Waals surface area contributed by atoms with Gasteiger partial charge in [-0.05, 0) is 39.3 Å². The van der Waals surface area contributed by atoms with Crippen molar-refractivity contribution in [3.05, 3.63) is 29.3 Å². The van der Waals surface area contributed by atoms with Crippen LogP contribution in [0.3, 0.4) is 0 Å². The van der Waals surface area contributed by atoms with Gasteiger partial charge in [0.2, 0.25) is 5.91 Å². The minimum absolute atomic E-state index is 0.232. The van der Waals surface area contributed by atoms with E-state index in [1.807, 2.05) is 19.1 Å². The summed E-state index contributed by atoms with van der Waals surface area (Å²) in [4.78, 5) is 25.0. The van der Waals surface area contributed by atoms with Crippen LogP contribution in [-0.4, -0.2) is 17.6 Å². The molecule has 0 saturated heterocycles. The summed E-state index contributed by atoms with van der Waals surface area (Å²) in [6, 6.07) is 5.60. The third-order valence-corrected chi connectivity index (χ3v) is 2.64. The molecule has 1 aromatic rings. The molecule has 1 heterocycles. The van der Waals surface area contributed by atoms with E-state index in [9.17, 15) is 9.59 Å². The van der Waals surface area contributed by atoms with Gasteiger partial charge in [0, 0.05) is 0 Å². The summed E-state index contributed by atoms with van der Waals surface area (Å²) in [5.74, 6) is -0.232. The van der Waals surface area contributed by atoms with E-state index in [4.69, 9.17) is 4.74 Å². The molecule has 0 fully saturated rings. The van der Waals surface area contributed by atoms with E-state index >= 15 is 0 Å². The number of hydrogen-bond acceptors (Lipinski definition) is 3. The third-order valence-electron chi connectivity index (χ3n) is 2.64. The lowest BCUT2D eigenvalue weighted by molar-refractivity contribution is -0.117. The van der Waals surface area contributed by atoms with Crippen LogP contribution in [0.5, 0.6) is 0 Å². The van der Waals surface area contributed by atoms with E-state index in [1.54, 1.807) is 26.8 Å². The summed E-state index contributed by atoms with van der Waals surface area (Å²) in [6.07, 6.45) is -0.342. The molecule has 0 saturated carbocycles. The molecule has 2 rings (SSSR count). The molecule has 0 N–H and O–H groups in total. The van der Waals surface area contributed by atoms with Crippen molar-refractivity contribution in [2.45, 2.75) is 39.7 Å². The highest BCUT2D eigenvalue weighted by molar-refractivity contribution is 6.17. The van der Waals surface area contributed by atoms with Crippen LogP contribution in [0, 0.1) is 6.92 Å². The smallest absolute Gasteiger partial charge is 0.421 e. The minimum atomic E-state index is -0.606. The van der Waals surface area contributed by atoms with Gasteiger partial charge in [0.25, 0.3) is 0 Å². The second-order valence-electron chi connectivity index (χ2n) is 5.52. The predicted molar refractivity (Wildman–Crippen MR) is 68.6 cm³/mol. The summed E-state index contributed by atoms with van der Waals surface area (Å²) in [7, 11) is 0. The average Bonchev–Trinajstić information content (AvgIpc) is 2.50. The van der Waals surface area contributed by atoms with Gasteiger partial charge in [-0.1, -0.05) is 17.7 Å². The Morgan fingerprint density at radius 3 is 2.61 bits per heavy atom. The Kier molecular flexibility index (Phi) is 2.89. The summed E-state index contributed by atoms with van der Waals surface area (Å²) in [5.41, 5.74) is 1.99. The van der Waals surface area contributed by atoms with Crippen molar-refractivity contribution in [3.63, 3.8) is 0 Å². The van der Waals surface area contributed by atoms with Crippen LogP contribution in [0.1, 0.15) is 31.9 Å². The number of benzene rings is 1. The topological polar surface area (TPSA) is 46.6 Å². The molecule has 0 spiro atoms. The zero-order valence-corrected chi connectivity index (χ0v) is 11.1. The minimum Gasteiger partial charge on any atom is -0.443 e. The van der Waals surface area contributed by atoms with E-state index in [-0.39, 0.29) is 12.3 Å². The van der Waals surface area contributed by atoms with Gasteiger partial charge in [0.05, 0.1) is 12.1 Å². The Balaban J connectivity index is 2.31. The van der Waals surface area contributed by atoms with Crippen molar-refractivity contribution < 1.29 is 14.3 Å². The maximum Gasteiger partial charge on any atom is 0.421 e. The lowest BCUT2D eigenvalue weighted by Gasteiger charge is -2.23. The van der Waals surface area contributed by atoms with Crippen LogP contribution in [0.2, 0.25) is 0 Å². The first-order valence-corrected chi connectivity index (χ1v) is 5.93. The average molecular weight is 247 g/mol. The summed E-state index contributed by atoms with van der Waals surface area (Å²) >= 11 is 0. The standard InChI is InChI=1S/C14H17NO3/c1-9-5-6-11-10(7-9)8-12(16)15(11)13(17)18-14(2,3)4/h5-7H,8H2,1-4H3. The van der Waals surface area contributed by atoms with Gasteiger partial charge in [-0.25, -0.2) is 9.69 Å². The molecule has 0 bridgehead atoms. The van der Waals surface area contributed by atoms with Crippen LogP contribution >= 0.6 is 0 Å². The summed E-state index contributed by atoms with van der Waals surface area (Å²) in [6.45, 7) is 7.30.